The van der Waals surface area contributed by atoms with Crippen molar-refractivity contribution in [2.24, 2.45) is 5.92 Å². The molecular weight excluding hydrogens is 458 g/mol. The van der Waals surface area contributed by atoms with Crippen molar-refractivity contribution in [3.05, 3.63) is 30.0 Å². The van der Waals surface area contributed by atoms with Gasteiger partial charge in [0.1, 0.15) is 35.9 Å². The number of nitrogens with one attached hydrogen (secondary N) is 1. The van der Waals surface area contributed by atoms with Gasteiger partial charge in [-0.1, -0.05) is 19.9 Å². The van der Waals surface area contributed by atoms with Crippen LogP contribution in [-0.4, -0.2) is 73.2 Å². The fourth-order valence-corrected chi connectivity index (χ4v) is 4.59. The summed E-state index contributed by atoms with van der Waals surface area (Å²) >= 11 is 0. The molecule has 0 unspecified atom stereocenters. The number of carbonyl (C=O) groups is 2. The summed E-state index contributed by atoms with van der Waals surface area (Å²) < 4.78 is 17.4. The molecule has 0 bridgehead atoms. The maximum atomic E-state index is 13.8. The van der Waals surface area contributed by atoms with Crippen molar-refractivity contribution in [1.29, 1.82) is 0 Å². The third kappa shape index (κ3) is 7.40. The molecule has 1 N–H and O–H groups in total. The van der Waals surface area contributed by atoms with Crippen molar-refractivity contribution in [2.75, 3.05) is 39.5 Å². The van der Waals surface area contributed by atoms with Gasteiger partial charge in [0.2, 0.25) is 0 Å². The Balaban J connectivity index is 1.98. The molecule has 0 spiro atoms. The summed E-state index contributed by atoms with van der Waals surface area (Å²) in [6.45, 7) is 13.1. The van der Waals surface area contributed by atoms with Gasteiger partial charge >= 0.3 is 0 Å². The maximum absolute atomic E-state index is 13.8. The zero-order chi connectivity index (χ0) is 26.1. The highest BCUT2D eigenvalue weighted by molar-refractivity contribution is 5.99. The molecule has 1 fully saturated rings. The predicted molar refractivity (Wildman–Crippen MR) is 141 cm³/mol. The van der Waals surface area contributed by atoms with Crippen LogP contribution in [0.2, 0.25) is 0 Å². The molecule has 1 aromatic heterocycles. The van der Waals surface area contributed by atoms with Gasteiger partial charge in [0.15, 0.2) is 5.78 Å². The number of benzene rings is 1. The lowest BCUT2D eigenvalue weighted by atomic mass is 10.0. The van der Waals surface area contributed by atoms with E-state index < -0.39 is 0 Å². The van der Waals surface area contributed by atoms with Crippen LogP contribution in [0, 0.1) is 5.92 Å². The number of aromatic nitrogens is 1. The van der Waals surface area contributed by atoms with Crippen LogP contribution in [0.25, 0.3) is 10.9 Å². The van der Waals surface area contributed by atoms with Crippen molar-refractivity contribution < 1.29 is 23.8 Å². The van der Waals surface area contributed by atoms with Crippen LogP contribution in [-0.2, 0) is 9.53 Å². The van der Waals surface area contributed by atoms with Crippen molar-refractivity contribution in [3.8, 4) is 11.5 Å². The summed E-state index contributed by atoms with van der Waals surface area (Å²) in [6, 6.07) is 7.35. The molecule has 198 valence electrons. The van der Waals surface area contributed by atoms with Gasteiger partial charge < -0.3 is 24.4 Å². The average Bonchev–Trinajstić information content (AvgIpc) is 2.85. The lowest BCUT2D eigenvalue weighted by molar-refractivity contribution is -0.121. The Morgan fingerprint density at radius 3 is 2.61 bits per heavy atom. The molecule has 0 radical (unpaired) electrons. The Kier molecular flexibility index (Phi) is 10.5. The van der Waals surface area contributed by atoms with E-state index in [1.807, 2.05) is 51.7 Å². The number of ether oxygens (including phenoxy) is 3. The quantitative estimate of drug-likeness (QED) is 0.412. The molecule has 8 nitrogen and oxygen atoms in total. The van der Waals surface area contributed by atoms with Crippen LogP contribution >= 0.6 is 0 Å². The number of hydrogen-bond acceptors (Lipinski definition) is 7. The molecule has 1 atom stereocenters. The third-order valence-electron chi connectivity index (χ3n) is 6.15. The van der Waals surface area contributed by atoms with Gasteiger partial charge in [-0.05, 0) is 58.2 Å². The molecule has 0 saturated carbocycles. The Morgan fingerprint density at radius 2 is 1.94 bits per heavy atom. The molecule has 2 aromatic rings. The molecule has 36 heavy (non-hydrogen) atoms. The van der Waals surface area contributed by atoms with Crippen LogP contribution in [0.1, 0.15) is 64.4 Å². The molecule has 8 heteroatoms. The number of fused-ring (bicyclic) bond motifs is 1. The molecule has 1 aliphatic rings. The third-order valence-corrected chi connectivity index (χ3v) is 6.15. The zero-order valence-corrected chi connectivity index (χ0v) is 22.3. The molecule has 1 aromatic carbocycles. The van der Waals surface area contributed by atoms with Crippen LogP contribution in [0.4, 0.5) is 0 Å². The smallest absolute Gasteiger partial charge is 0.273 e. The number of carbonyl (C=O) groups excluding carboxylic acids is 2. The second-order valence-electron chi connectivity index (χ2n) is 9.94. The molecule has 3 rings (SSSR count). The SMILES string of the molecule is CCOCCOc1cc(C(=O)N(C(C)C)[C@@H]2CCCNC2)nc2c(OCC(=O)CC(C)C)cccc12. The van der Waals surface area contributed by atoms with E-state index >= 15 is 0 Å². The highest BCUT2D eigenvalue weighted by atomic mass is 16.5. The summed E-state index contributed by atoms with van der Waals surface area (Å²) in [7, 11) is 0. The van der Waals surface area contributed by atoms with E-state index in [-0.39, 0.29) is 36.3 Å². The van der Waals surface area contributed by atoms with E-state index in [1.54, 1.807) is 12.1 Å². The minimum absolute atomic E-state index is 0.0161. The summed E-state index contributed by atoms with van der Waals surface area (Å²) in [4.78, 5) is 32.8. The van der Waals surface area contributed by atoms with E-state index in [1.165, 1.54) is 0 Å². The first-order chi connectivity index (χ1) is 17.3. The van der Waals surface area contributed by atoms with E-state index in [9.17, 15) is 9.59 Å². The normalized spacial score (nSPS) is 15.9. The second-order valence-corrected chi connectivity index (χ2v) is 9.94. The van der Waals surface area contributed by atoms with E-state index in [4.69, 9.17) is 19.2 Å². The number of pyridine rings is 1. The monoisotopic (exact) mass is 499 g/mol. The summed E-state index contributed by atoms with van der Waals surface area (Å²) in [5.74, 6) is 1.16. The highest BCUT2D eigenvalue weighted by Crippen LogP contribution is 2.33. The van der Waals surface area contributed by atoms with E-state index in [2.05, 4.69) is 5.32 Å². The molecule has 1 saturated heterocycles. The Hall–Kier alpha value is -2.71. The zero-order valence-electron chi connectivity index (χ0n) is 22.3. The molecule has 1 amide bonds. The first kappa shape index (κ1) is 27.9. The van der Waals surface area contributed by atoms with Crippen LogP contribution in [0.5, 0.6) is 11.5 Å². The number of Topliss-reactive ketones (excluding diaryl/α,β-unsaturated/α-hetero) is 1. The summed E-state index contributed by atoms with van der Waals surface area (Å²) in [5.41, 5.74) is 0.815. The first-order valence-corrected chi connectivity index (χ1v) is 13.1. The number of nitrogens with zero attached hydrogens (tertiary/aromatic N) is 2. The number of rotatable bonds is 13. The van der Waals surface area contributed by atoms with Gasteiger partial charge in [0, 0.05) is 43.1 Å². The van der Waals surface area contributed by atoms with Crippen molar-refractivity contribution in [2.45, 2.75) is 66.0 Å². The van der Waals surface area contributed by atoms with Gasteiger partial charge in [-0.3, -0.25) is 9.59 Å². The van der Waals surface area contributed by atoms with E-state index in [0.29, 0.717) is 49.0 Å². The maximum Gasteiger partial charge on any atom is 0.273 e. The van der Waals surface area contributed by atoms with Gasteiger partial charge in [-0.2, -0.15) is 0 Å². The molecule has 1 aliphatic heterocycles. The number of piperidine rings is 1. The molecule has 0 aliphatic carbocycles. The Labute approximate surface area is 214 Å². The lowest BCUT2D eigenvalue weighted by Crippen LogP contribution is -2.51. The van der Waals surface area contributed by atoms with Gasteiger partial charge in [0.25, 0.3) is 5.91 Å². The average molecular weight is 500 g/mol. The second kappa shape index (κ2) is 13.6. The van der Waals surface area contributed by atoms with Crippen LogP contribution in [0.3, 0.4) is 0 Å². The fourth-order valence-electron chi connectivity index (χ4n) is 4.59. The summed E-state index contributed by atoms with van der Waals surface area (Å²) in [6.07, 6.45) is 2.43. The fraction of sp³-hybridized carbons (Fsp3) is 0.607. The van der Waals surface area contributed by atoms with E-state index in [0.717, 1.165) is 31.3 Å². The summed E-state index contributed by atoms with van der Waals surface area (Å²) in [5, 5.41) is 4.13. The topological polar surface area (TPSA) is 90.0 Å². The van der Waals surface area contributed by atoms with Crippen LogP contribution in [0.15, 0.2) is 24.3 Å². The standard InChI is InChI=1S/C28H41N3O5/c1-6-34-13-14-35-26-16-24(28(33)31(20(4)5)21-9-8-12-29-17-21)30-27-23(26)10-7-11-25(27)36-18-22(32)15-19(2)3/h7,10-11,16,19-21,29H,6,8-9,12-15,17-18H2,1-5H3/t21-/m1/s1. The minimum atomic E-state index is -0.138. The number of hydrogen-bond donors (Lipinski definition) is 1. The largest absolute Gasteiger partial charge is 0.490 e. The molecule has 2 heterocycles. The van der Waals surface area contributed by atoms with Crippen molar-refractivity contribution in [3.63, 3.8) is 0 Å². The lowest BCUT2D eigenvalue weighted by Gasteiger charge is -2.37. The number of amides is 1. The van der Waals surface area contributed by atoms with Crippen LogP contribution < -0.4 is 14.8 Å². The van der Waals surface area contributed by atoms with Gasteiger partial charge in [-0.15, -0.1) is 0 Å². The van der Waals surface area contributed by atoms with Crippen molar-refractivity contribution >= 4 is 22.6 Å². The van der Waals surface area contributed by atoms with Gasteiger partial charge in [0.05, 0.1) is 6.61 Å². The highest BCUT2D eigenvalue weighted by Gasteiger charge is 2.30. The minimum Gasteiger partial charge on any atom is -0.490 e. The molecular formula is C28H41N3O5. The first-order valence-electron chi connectivity index (χ1n) is 13.1. The Morgan fingerprint density at radius 1 is 1.14 bits per heavy atom. The number of para-hydroxylation sites is 1. The number of ketones is 1. The predicted octanol–water partition coefficient (Wildman–Crippen LogP) is 4.25. The Bertz CT molecular complexity index is 1020. The van der Waals surface area contributed by atoms with Gasteiger partial charge in [-0.25, -0.2) is 4.98 Å². The van der Waals surface area contributed by atoms with Crippen molar-refractivity contribution in [1.82, 2.24) is 15.2 Å².